The molecule has 2 aromatic rings. The van der Waals surface area contributed by atoms with Crippen LogP contribution in [0.15, 0.2) is 28.9 Å². The highest BCUT2D eigenvalue weighted by Crippen LogP contribution is 2.25. The fourth-order valence-electron chi connectivity index (χ4n) is 3.29. The zero-order valence-electron chi connectivity index (χ0n) is 16.5. The zero-order chi connectivity index (χ0) is 19.2. The van der Waals surface area contributed by atoms with Crippen molar-refractivity contribution in [2.75, 3.05) is 25.0 Å². The Bertz CT molecular complexity index is 772. The van der Waals surface area contributed by atoms with Crippen LogP contribution in [0.3, 0.4) is 0 Å². The number of likely N-dealkylation sites (tertiary alicyclic amines) is 1. The quantitative estimate of drug-likeness (QED) is 0.822. The van der Waals surface area contributed by atoms with E-state index < -0.39 is 0 Å². The van der Waals surface area contributed by atoms with E-state index in [-0.39, 0.29) is 12.1 Å². The molecule has 0 radical (unpaired) electrons. The highest BCUT2D eigenvalue weighted by atomic mass is 16.5. The van der Waals surface area contributed by atoms with E-state index in [1.807, 2.05) is 36.9 Å². The number of aryl methyl sites for hydroxylation is 2. The van der Waals surface area contributed by atoms with Crippen LogP contribution in [0.25, 0.3) is 11.5 Å². The predicted molar refractivity (Wildman–Crippen MR) is 106 cm³/mol. The summed E-state index contributed by atoms with van der Waals surface area (Å²) in [4.78, 5) is 19.0. The maximum absolute atomic E-state index is 12.8. The van der Waals surface area contributed by atoms with E-state index in [4.69, 9.17) is 9.15 Å². The molecule has 1 atom stereocenters. The molecular weight excluding hydrogens is 342 g/mol. The summed E-state index contributed by atoms with van der Waals surface area (Å²) in [6.07, 6.45) is 5.79. The number of ether oxygens (including phenoxy) is 1. The molecule has 1 aliphatic rings. The van der Waals surface area contributed by atoms with Gasteiger partial charge < -0.3 is 19.4 Å². The van der Waals surface area contributed by atoms with Crippen molar-refractivity contribution < 1.29 is 13.9 Å². The first-order chi connectivity index (χ1) is 13.1. The third-order valence-electron chi connectivity index (χ3n) is 4.87. The summed E-state index contributed by atoms with van der Waals surface area (Å²) in [6.45, 7) is 8.26. The van der Waals surface area contributed by atoms with Gasteiger partial charge in [0.25, 0.3) is 0 Å². The number of nitrogens with zero attached hydrogens (tertiary/aromatic N) is 2. The van der Waals surface area contributed by atoms with Crippen molar-refractivity contribution in [1.82, 2.24) is 9.88 Å². The maximum atomic E-state index is 12.8. The normalized spacial score (nSPS) is 17.6. The molecule has 0 aliphatic carbocycles. The van der Waals surface area contributed by atoms with Crippen LogP contribution in [-0.4, -0.2) is 41.7 Å². The Morgan fingerprint density at radius 3 is 2.93 bits per heavy atom. The molecule has 1 N–H and O–H groups in total. The molecule has 0 spiro atoms. The van der Waals surface area contributed by atoms with Crippen LogP contribution in [0.5, 0.6) is 0 Å². The summed E-state index contributed by atoms with van der Waals surface area (Å²) < 4.78 is 11.3. The Morgan fingerprint density at radius 2 is 2.19 bits per heavy atom. The Morgan fingerprint density at radius 1 is 1.33 bits per heavy atom. The second-order valence-corrected chi connectivity index (χ2v) is 7.16. The van der Waals surface area contributed by atoms with Gasteiger partial charge in [0.05, 0.1) is 11.8 Å². The number of urea groups is 1. The lowest BCUT2D eigenvalue weighted by Crippen LogP contribution is -2.36. The average molecular weight is 371 g/mol. The SMILES string of the molecule is CCCOC1CCCN(C(=O)Nc2cc(-c3nc(C)co3)ccc2C)CC1. The Balaban J connectivity index is 1.65. The minimum Gasteiger partial charge on any atom is -0.444 e. The molecule has 6 heteroatoms. The molecule has 3 rings (SSSR count). The van der Waals surface area contributed by atoms with E-state index in [1.54, 1.807) is 6.26 Å². The summed E-state index contributed by atoms with van der Waals surface area (Å²) in [5, 5.41) is 3.06. The molecule has 1 aliphatic heterocycles. The van der Waals surface area contributed by atoms with Crippen LogP contribution >= 0.6 is 0 Å². The van der Waals surface area contributed by atoms with E-state index in [2.05, 4.69) is 17.2 Å². The third kappa shape index (κ3) is 5.10. The van der Waals surface area contributed by atoms with E-state index in [1.165, 1.54) is 0 Å². The fourth-order valence-corrected chi connectivity index (χ4v) is 3.29. The number of rotatable bonds is 5. The summed E-state index contributed by atoms with van der Waals surface area (Å²) in [7, 11) is 0. The molecule has 6 nitrogen and oxygen atoms in total. The number of aromatic nitrogens is 1. The van der Waals surface area contributed by atoms with Crippen LogP contribution in [-0.2, 0) is 4.74 Å². The second-order valence-electron chi connectivity index (χ2n) is 7.16. The predicted octanol–water partition coefficient (Wildman–Crippen LogP) is 4.77. The summed E-state index contributed by atoms with van der Waals surface area (Å²) in [6, 6.07) is 5.79. The number of hydrogen-bond acceptors (Lipinski definition) is 4. The number of anilines is 1. The van der Waals surface area contributed by atoms with Gasteiger partial charge >= 0.3 is 6.03 Å². The second kappa shape index (κ2) is 9.04. The molecule has 1 aromatic carbocycles. The van der Waals surface area contributed by atoms with Crippen LogP contribution in [0, 0.1) is 13.8 Å². The molecule has 0 bridgehead atoms. The van der Waals surface area contributed by atoms with Gasteiger partial charge in [-0.15, -0.1) is 0 Å². The van der Waals surface area contributed by atoms with Gasteiger partial charge in [-0.05, 0) is 57.2 Å². The van der Waals surface area contributed by atoms with Gasteiger partial charge in [-0.25, -0.2) is 9.78 Å². The molecule has 2 amide bonds. The van der Waals surface area contributed by atoms with Crippen molar-refractivity contribution in [3.63, 3.8) is 0 Å². The number of benzene rings is 1. The first-order valence-electron chi connectivity index (χ1n) is 9.77. The first-order valence-corrected chi connectivity index (χ1v) is 9.77. The van der Waals surface area contributed by atoms with Crippen molar-refractivity contribution in [3.8, 4) is 11.5 Å². The Kier molecular flexibility index (Phi) is 6.50. The first kappa shape index (κ1) is 19.4. The molecule has 27 heavy (non-hydrogen) atoms. The molecule has 1 unspecified atom stereocenters. The number of carbonyl (C=O) groups excluding carboxylic acids is 1. The molecule has 1 fully saturated rings. The topological polar surface area (TPSA) is 67.6 Å². The van der Waals surface area contributed by atoms with Crippen LogP contribution in [0.1, 0.15) is 43.9 Å². The van der Waals surface area contributed by atoms with Crippen LogP contribution in [0.4, 0.5) is 10.5 Å². The standard InChI is InChI=1S/C21H29N3O3/c1-4-12-26-18-6-5-10-24(11-9-18)21(25)23-19-13-17(8-7-15(19)2)20-22-16(3)14-27-20/h7-8,13-14,18H,4-6,9-12H2,1-3H3,(H,23,25). The van der Waals surface area contributed by atoms with Crippen LogP contribution in [0.2, 0.25) is 0 Å². The highest BCUT2D eigenvalue weighted by molar-refractivity contribution is 5.91. The van der Waals surface area contributed by atoms with Gasteiger partial charge in [0.2, 0.25) is 5.89 Å². The molecule has 1 aromatic heterocycles. The fraction of sp³-hybridized carbons (Fsp3) is 0.524. The molecule has 0 saturated carbocycles. The Hall–Kier alpha value is -2.34. The van der Waals surface area contributed by atoms with Gasteiger partial charge in [0.1, 0.15) is 6.26 Å². The highest BCUT2D eigenvalue weighted by Gasteiger charge is 2.21. The number of nitrogens with one attached hydrogen (secondary N) is 1. The van der Waals surface area contributed by atoms with Gasteiger partial charge in [0, 0.05) is 30.9 Å². The number of amides is 2. The molecule has 146 valence electrons. The molecular formula is C21H29N3O3. The lowest BCUT2D eigenvalue weighted by Gasteiger charge is -2.22. The maximum Gasteiger partial charge on any atom is 0.321 e. The number of hydrogen-bond donors (Lipinski definition) is 1. The summed E-state index contributed by atoms with van der Waals surface area (Å²) >= 11 is 0. The van der Waals surface area contributed by atoms with Crippen molar-refractivity contribution in [2.24, 2.45) is 0 Å². The lowest BCUT2D eigenvalue weighted by atomic mass is 10.1. The van der Waals surface area contributed by atoms with Crippen molar-refractivity contribution in [2.45, 2.75) is 52.6 Å². The van der Waals surface area contributed by atoms with Crippen molar-refractivity contribution >= 4 is 11.7 Å². The minimum atomic E-state index is -0.0602. The number of carbonyl (C=O) groups is 1. The largest absolute Gasteiger partial charge is 0.444 e. The van der Waals surface area contributed by atoms with Gasteiger partial charge in [-0.3, -0.25) is 0 Å². The lowest BCUT2D eigenvalue weighted by molar-refractivity contribution is 0.0446. The van der Waals surface area contributed by atoms with Crippen molar-refractivity contribution in [1.29, 1.82) is 0 Å². The zero-order valence-corrected chi connectivity index (χ0v) is 16.5. The van der Waals surface area contributed by atoms with Gasteiger partial charge in [0.15, 0.2) is 0 Å². The smallest absolute Gasteiger partial charge is 0.321 e. The Labute approximate surface area is 160 Å². The third-order valence-corrected chi connectivity index (χ3v) is 4.87. The van der Waals surface area contributed by atoms with E-state index in [9.17, 15) is 4.79 Å². The van der Waals surface area contributed by atoms with Crippen LogP contribution < -0.4 is 5.32 Å². The van der Waals surface area contributed by atoms with E-state index in [0.717, 1.165) is 67.9 Å². The molecule has 1 saturated heterocycles. The average Bonchev–Trinajstić information content (AvgIpc) is 2.95. The van der Waals surface area contributed by atoms with Gasteiger partial charge in [-0.1, -0.05) is 13.0 Å². The number of oxazole rings is 1. The van der Waals surface area contributed by atoms with E-state index in [0.29, 0.717) is 5.89 Å². The van der Waals surface area contributed by atoms with E-state index >= 15 is 0 Å². The summed E-state index contributed by atoms with van der Waals surface area (Å²) in [5.74, 6) is 0.564. The monoisotopic (exact) mass is 371 g/mol. The summed E-state index contributed by atoms with van der Waals surface area (Å²) in [5.41, 5.74) is 3.49. The van der Waals surface area contributed by atoms with Gasteiger partial charge in [-0.2, -0.15) is 0 Å². The van der Waals surface area contributed by atoms with Crippen molar-refractivity contribution in [3.05, 3.63) is 35.7 Å². The molecule has 2 heterocycles. The minimum absolute atomic E-state index is 0.0602.